The molecule has 23 heavy (non-hydrogen) atoms. The molecule has 2 aromatic carbocycles. The van der Waals surface area contributed by atoms with Crippen LogP contribution in [0.5, 0.6) is 0 Å². The largest absolute Gasteiger partial charge is 0.335 e. The van der Waals surface area contributed by atoms with Gasteiger partial charge in [0.15, 0.2) is 0 Å². The number of amides is 1. The molecule has 0 saturated carbocycles. The van der Waals surface area contributed by atoms with Crippen molar-refractivity contribution in [2.45, 2.75) is 37.8 Å². The summed E-state index contributed by atoms with van der Waals surface area (Å²) in [5.41, 5.74) is 1.15. The molecule has 4 heteroatoms. The van der Waals surface area contributed by atoms with E-state index in [1.807, 2.05) is 0 Å². The summed E-state index contributed by atoms with van der Waals surface area (Å²) in [5.74, 6) is 0.299. The Morgan fingerprint density at radius 2 is 1.83 bits per heavy atom. The maximum atomic E-state index is 12.9. The highest BCUT2D eigenvalue weighted by Crippen LogP contribution is 2.29. The van der Waals surface area contributed by atoms with Crippen molar-refractivity contribution in [3.05, 3.63) is 48.0 Å². The zero-order valence-corrected chi connectivity index (χ0v) is 14.0. The maximum Gasteiger partial charge on any atom is 0.227 e. The zero-order valence-electron chi connectivity index (χ0n) is 13.2. The van der Waals surface area contributed by atoms with Crippen LogP contribution in [0.25, 0.3) is 10.8 Å². The van der Waals surface area contributed by atoms with E-state index in [1.54, 1.807) is 0 Å². The van der Waals surface area contributed by atoms with E-state index in [-0.39, 0.29) is 12.4 Å². The molecular weight excluding hydrogens is 308 g/mol. The highest BCUT2D eigenvalue weighted by Gasteiger charge is 2.37. The highest BCUT2D eigenvalue weighted by atomic mass is 35.5. The highest BCUT2D eigenvalue weighted by molar-refractivity contribution is 5.90. The molecule has 0 spiro atoms. The van der Waals surface area contributed by atoms with Crippen molar-refractivity contribution in [3.8, 4) is 0 Å². The maximum absolute atomic E-state index is 12.9. The van der Waals surface area contributed by atoms with Crippen LogP contribution >= 0.6 is 12.4 Å². The van der Waals surface area contributed by atoms with Crippen molar-refractivity contribution < 1.29 is 4.79 Å². The minimum atomic E-state index is 0. The lowest BCUT2D eigenvalue weighted by Gasteiger charge is -2.28. The molecule has 0 radical (unpaired) electrons. The van der Waals surface area contributed by atoms with Gasteiger partial charge in [-0.25, -0.2) is 0 Å². The zero-order chi connectivity index (χ0) is 14.9. The minimum Gasteiger partial charge on any atom is -0.335 e. The first kappa shape index (κ1) is 16.3. The van der Waals surface area contributed by atoms with Gasteiger partial charge >= 0.3 is 0 Å². The van der Waals surface area contributed by atoms with E-state index < -0.39 is 0 Å². The molecule has 2 atom stereocenters. The molecule has 2 heterocycles. The van der Waals surface area contributed by atoms with Crippen molar-refractivity contribution in [1.29, 1.82) is 0 Å². The van der Waals surface area contributed by atoms with E-state index in [2.05, 4.69) is 52.7 Å². The Labute approximate surface area is 143 Å². The molecule has 2 unspecified atom stereocenters. The van der Waals surface area contributed by atoms with E-state index in [0.717, 1.165) is 31.5 Å². The van der Waals surface area contributed by atoms with Crippen LogP contribution in [0.1, 0.15) is 24.8 Å². The van der Waals surface area contributed by atoms with Gasteiger partial charge in [-0.3, -0.25) is 4.79 Å². The molecule has 2 aromatic rings. The fraction of sp³-hybridized carbons (Fsp3) is 0.421. The van der Waals surface area contributed by atoms with E-state index in [4.69, 9.17) is 0 Å². The first-order valence-corrected chi connectivity index (χ1v) is 8.31. The van der Waals surface area contributed by atoms with Gasteiger partial charge in [0.1, 0.15) is 0 Å². The predicted octanol–water partition coefficient (Wildman–Crippen LogP) is 3.16. The van der Waals surface area contributed by atoms with Crippen LogP contribution in [0.2, 0.25) is 0 Å². The Kier molecular flexibility index (Phi) is 4.88. The third-order valence-corrected chi connectivity index (χ3v) is 5.16. The van der Waals surface area contributed by atoms with Crippen LogP contribution in [-0.4, -0.2) is 36.0 Å². The van der Waals surface area contributed by atoms with Gasteiger partial charge in [-0.1, -0.05) is 42.5 Å². The molecular formula is C19H23ClN2O. The van der Waals surface area contributed by atoms with E-state index in [0.29, 0.717) is 24.4 Å². The van der Waals surface area contributed by atoms with Crippen LogP contribution in [0.4, 0.5) is 0 Å². The molecule has 122 valence electrons. The summed E-state index contributed by atoms with van der Waals surface area (Å²) >= 11 is 0. The van der Waals surface area contributed by atoms with Crippen molar-refractivity contribution in [2.24, 2.45) is 0 Å². The quantitative estimate of drug-likeness (QED) is 0.917. The molecule has 1 amide bonds. The first-order valence-electron chi connectivity index (χ1n) is 8.31. The van der Waals surface area contributed by atoms with Crippen LogP contribution in [0.3, 0.4) is 0 Å². The summed E-state index contributed by atoms with van der Waals surface area (Å²) in [6.07, 6.45) is 3.94. The normalized spacial score (nSPS) is 23.4. The van der Waals surface area contributed by atoms with Crippen molar-refractivity contribution in [2.75, 3.05) is 13.1 Å². The number of nitrogens with one attached hydrogen (secondary N) is 1. The Morgan fingerprint density at radius 1 is 1.04 bits per heavy atom. The van der Waals surface area contributed by atoms with Crippen LogP contribution < -0.4 is 5.32 Å². The summed E-state index contributed by atoms with van der Waals surface area (Å²) in [4.78, 5) is 15.1. The predicted molar refractivity (Wildman–Crippen MR) is 96.0 cm³/mol. The second-order valence-electron chi connectivity index (χ2n) is 6.49. The average molecular weight is 331 g/mol. The van der Waals surface area contributed by atoms with Gasteiger partial charge < -0.3 is 10.2 Å². The number of carbonyl (C=O) groups is 1. The van der Waals surface area contributed by atoms with E-state index >= 15 is 0 Å². The third-order valence-electron chi connectivity index (χ3n) is 5.16. The molecule has 0 aromatic heterocycles. The molecule has 1 N–H and O–H groups in total. The molecule has 2 fully saturated rings. The fourth-order valence-electron chi connectivity index (χ4n) is 4.09. The summed E-state index contributed by atoms with van der Waals surface area (Å²) < 4.78 is 0. The SMILES string of the molecule is Cl.O=C(Cc1cccc2ccccc12)N1C2CCNCC1CC2. The molecule has 2 aliphatic rings. The number of fused-ring (bicyclic) bond motifs is 3. The number of rotatable bonds is 2. The summed E-state index contributed by atoms with van der Waals surface area (Å²) in [5, 5.41) is 5.89. The van der Waals surface area contributed by atoms with Gasteiger partial charge in [-0.05, 0) is 42.1 Å². The smallest absolute Gasteiger partial charge is 0.227 e. The van der Waals surface area contributed by atoms with Gasteiger partial charge in [-0.2, -0.15) is 0 Å². The van der Waals surface area contributed by atoms with E-state index in [1.165, 1.54) is 17.2 Å². The fourth-order valence-corrected chi connectivity index (χ4v) is 4.09. The number of hydrogen-bond donors (Lipinski definition) is 1. The van der Waals surface area contributed by atoms with Crippen LogP contribution in [0, 0.1) is 0 Å². The van der Waals surface area contributed by atoms with Crippen LogP contribution in [0.15, 0.2) is 42.5 Å². The van der Waals surface area contributed by atoms with Gasteiger partial charge in [0.25, 0.3) is 0 Å². The number of nitrogens with zero attached hydrogens (tertiary/aromatic N) is 1. The van der Waals surface area contributed by atoms with Crippen molar-refractivity contribution in [1.82, 2.24) is 10.2 Å². The van der Waals surface area contributed by atoms with E-state index in [9.17, 15) is 4.79 Å². The van der Waals surface area contributed by atoms with Crippen molar-refractivity contribution in [3.63, 3.8) is 0 Å². The van der Waals surface area contributed by atoms with Gasteiger partial charge in [0.05, 0.1) is 6.42 Å². The number of carbonyl (C=O) groups excluding carboxylic acids is 1. The summed E-state index contributed by atoms with van der Waals surface area (Å²) in [7, 11) is 0. The molecule has 0 aliphatic carbocycles. The minimum absolute atomic E-state index is 0. The topological polar surface area (TPSA) is 32.3 Å². The summed E-state index contributed by atoms with van der Waals surface area (Å²) in [6.45, 7) is 2.00. The second-order valence-corrected chi connectivity index (χ2v) is 6.49. The Balaban J connectivity index is 0.00000156. The number of halogens is 1. The summed E-state index contributed by atoms with van der Waals surface area (Å²) in [6, 6.07) is 15.5. The molecule has 2 saturated heterocycles. The standard InChI is InChI=1S/C19H22N2O.ClH/c22-19(21-16-8-9-17(21)13-20-11-10-16)12-15-6-3-5-14-4-1-2-7-18(14)15;/h1-7,16-17,20H,8-13H2;1H. The number of hydrogen-bond acceptors (Lipinski definition) is 2. The van der Waals surface area contributed by atoms with Gasteiger partial charge in [0, 0.05) is 18.6 Å². The third kappa shape index (κ3) is 3.08. The Bertz CT molecular complexity index is 683. The monoisotopic (exact) mass is 330 g/mol. The Morgan fingerprint density at radius 3 is 2.74 bits per heavy atom. The molecule has 2 bridgehead atoms. The lowest BCUT2D eigenvalue weighted by molar-refractivity contribution is -0.133. The Hall–Kier alpha value is -1.58. The lowest BCUT2D eigenvalue weighted by Crippen LogP contribution is -2.43. The second kappa shape index (κ2) is 6.90. The molecule has 4 rings (SSSR count). The molecule has 2 aliphatic heterocycles. The number of benzene rings is 2. The molecule has 3 nitrogen and oxygen atoms in total. The lowest BCUT2D eigenvalue weighted by atomic mass is 10.0. The van der Waals surface area contributed by atoms with Gasteiger partial charge in [0.2, 0.25) is 5.91 Å². The van der Waals surface area contributed by atoms with Crippen molar-refractivity contribution >= 4 is 29.1 Å². The average Bonchev–Trinajstić information content (AvgIpc) is 2.81. The van der Waals surface area contributed by atoms with Crippen LogP contribution in [-0.2, 0) is 11.2 Å². The van der Waals surface area contributed by atoms with Gasteiger partial charge in [-0.15, -0.1) is 12.4 Å². The first-order chi connectivity index (χ1) is 10.8.